The van der Waals surface area contributed by atoms with Crippen LogP contribution in [0.4, 0.5) is 15.8 Å². The predicted molar refractivity (Wildman–Crippen MR) is 98.7 cm³/mol. The molecule has 3 rings (SSSR count). The fourth-order valence-electron chi connectivity index (χ4n) is 3.04. The molecule has 1 aliphatic rings. The highest BCUT2D eigenvalue weighted by Crippen LogP contribution is 2.32. The van der Waals surface area contributed by atoms with Crippen molar-refractivity contribution < 1.29 is 4.39 Å². The minimum absolute atomic E-state index is 0.188. The Bertz CT molecular complexity index is 712. The highest BCUT2D eigenvalue weighted by atomic mass is 32.1. The Morgan fingerprint density at radius 1 is 1.26 bits per heavy atom. The van der Waals surface area contributed by atoms with E-state index in [-0.39, 0.29) is 5.82 Å². The van der Waals surface area contributed by atoms with Crippen molar-refractivity contribution in [1.82, 2.24) is 0 Å². The van der Waals surface area contributed by atoms with Crippen LogP contribution in [0.1, 0.15) is 31.4 Å². The molecule has 0 unspecified atom stereocenters. The van der Waals surface area contributed by atoms with E-state index in [9.17, 15) is 4.39 Å². The maximum Gasteiger partial charge on any atom is 0.178 e. The molecule has 0 aromatic heterocycles. The molecule has 23 heavy (non-hydrogen) atoms. The zero-order chi connectivity index (χ0) is 16.4. The van der Waals surface area contributed by atoms with E-state index in [2.05, 4.69) is 36.2 Å². The molecule has 2 nitrogen and oxygen atoms in total. The van der Waals surface area contributed by atoms with Crippen LogP contribution in [0.5, 0.6) is 0 Å². The zero-order valence-electron chi connectivity index (χ0n) is 13.5. The number of halogens is 1. The Hall–Kier alpha value is -1.94. The second-order valence-corrected chi connectivity index (χ2v) is 6.40. The standard InChI is InChI=1S/C19H21FN2S/c1-3-14-5-9-17(10-6-14)21-19(23)22-13(2)4-7-15-12-16(20)8-11-18(15)22/h5-6,8-13H,3-4,7H2,1-2H3,(H,21,23)/t13-/m0/s1. The summed E-state index contributed by atoms with van der Waals surface area (Å²) in [7, 11) is 0. The van der Waals surface area contributed by atoms with Crippen molar-refractivity contribution in [3.63, 3.8) is 0 Å². The van der Waals surface area contributed by atoms with Crippen molar-refractivity contribution >= 4 is 28.7 Å². The molecule has 0 saturated heterocycles. The highest BCUT2D eigenvalue weighted by Gasteiger charge is 2.26. The van der Waals surface area contributed by atoms with E-state index in [1.54, 1.807) is 6.07 Å². The first-order valence-corrected chi connectivity index (χ1v) is 8.47. The summed E-state index contributed by atoms with van der Waals surface area (Å²) >= 11 is 5.62. The van der Waals surface area contributed by atoms with Crippen LogP contribution < -0.4 is 10.2 Å². The molecular formula is C19H21FN2S. The van der Waals surface area contributed by atoms with Crippen LogP contribution in [-0.2, 0) is 12.8 Å². The largest absolute Gasteiger partial charge is 0.332 e. The Labute approximate surface area is 142 Å². The number of thiocarbonyl (C=S) groups is 1. The van der Waals surface area contributed by atoms with Gasteiger partial charge in [0, 0.05) is 17.4 Å². The molecule has 1 aliphatic heterocycles. The number of fused-ring (bicyclic) bond motifs is 1. The minimum Gasteiger partial charge on any atom is -0.332 e. The third-order valence-electron chi connectivity index (χ3n) is 4.41. The summed E-state index contributed by atoms with van der Waals surface area (Å²) < 4.78 is 13.5. The lowest BCUT2D eigenvalue weighted by atomic mass is 9.97. The molecule has 2 aromatic carbocycles. The summed E-state index contributed by atoms with van der Waals surface area (Å²) in [5.41, 5.74) is 4.31. The Kier molecular flexibility index (Phi) is 4.62. The van der Waals surface area contributed by atoms with E-state index in [1.165, 1.54) is 11.6 Å². The lowest BCUT2D eigenvalue weighted by Crippen LogP contribution is -2.44. The van der Waals surface area contributed by atoms with Crippen LogP contribution in [-0.4, -0.2) is 11.2 Å². The molecule has 0 spiro atoms. The molecule has 1 N–H and O–H groups in total. The van der Waals surface area contributed by atoms with Crippen molar-refractivity contribution in [2.75, 3.05) is 10.2 Å². The molecule has 0 fully saturated rings. The maximum absolute atomic E-state index is 13.5. The second-order valence-electron chi connectivity index (χ2n) is 6.01. The molecule has 0 bridgehead atoms. The number of aryl methyl sites for hydroxylation is 2. The van der Waals surface area contributed by atoms with Gasteiger partial charge >= 0.3 is 0 Å². The molecule has 0 saturated carbocycles. The quantitative estimate of drug-likeness (QED) is 0.787. The van der Waals surface area contributed by atoms with E-state index in [4.69, 9.17) is 12.2 Å². The molecule has 4 heteroatoms. The third kappa shape index (κ3) is 3.37. The van der Waals surface area contributed by atoms with Gasteiger partial charge in [0.1, 0.15) is 5.82 Å². The second kappa shape index (κ2) is 6.67. The van der Waals surface area contributed by atoms with Gasteiger partial charge in [0.2, 0.25) is 0 Å². The molecule has 1 heterocycles. The Balaban J connectivity index is 1.83. The molecule has 2 aromatic rings. The number of anilines is 2. The van der Waals surface area contributed by atoms with Gasteiger partial charge in [0.05, 0.1) is 0 Å². The van der Waals surface area contributed by atoms with Crippen LogP contribution in [0.15, 0.2) is 42.5 Å². The predicted octanol–water partition coefficient (Wildman–Crippen LogP) is 4.93. The highest BCUT2D eigenvalue weighted by molar-refractivity contribution is 7.80. The number of benzene rings is 2. The number of nitrogens with zero attached hydrogens (tertiary/aromatic N) is 1. The van der Waals surface area contributed by atoms with Crippen LogP contribution >= 0.6 is 12.2 Å². The monoisotopic (exact) mass is 328 g/mol. The van der Waals surface area contributed by atoms with E-state index in [1.807, 2.05) is 18.2 Å². The van der Waals surface area contributed by atoms with E-state index in [0.717, 1.165) is 36.2 Å². The topological polar surface area (TPSA) is 15.3 Å². The average molecular weight is 328 g/mol. The Morgan fingerprint density at radius 2 is 2.00 bits per heavy atom. The first kappa shape index (κ1) is 15.9. The van der Waals surface area contributed by atoms with Gasteiger partial charge in [-0.1, -0.05) is 19.1 Å². The summed E-state index contributed by atoms with van der Waals surface area (Å²) in [4.78, 5) is 2.10. The number of hydrogen-bond acceptors (Lipinski definition) is 1. The van der Waals surface area contributed by atoms with Crippen molar-refractivity contribution in [3.8, 4) is 0 Å². The number of rotatable bonds is 2. The molecule has 0 amide bonds. The van der Waals surface area contributed by atoms with E-state index < -0.39 is 0 Å². The van der Waals surface area contributed by atoms with Crippen LogP contribution in [0, 0.1) is 5.82 Å². The van der Waals surface area contributed by atoms with Crippen LogP contribution in [0.2, 0.25) is 0 Å². The van der Waals surface area contributed by atoms with Crippen molar-refractivity contribution in [2.45, 2.75) is 39.2 Å². The van der Waals surface area contributed by atoms with Crippen LogP contribution in [0.25, 0.3) is 0 Å². The van der Waals surface area contributed by atoms with Crippen LogP contribution in [0.3, 0.4) is 0 Å². The lowest BCUT2D eigenvalue weighted by Gasteiger charge is -2.37. The average Bonchev–Trinajstić information content (AvgIpc) is 2.55. The van der Waals surface area contributed by atoms with Gasteiger partial charge in [-0.2, -0.15) is 0 Å². The lowest BCUT2D eigenvalue weighted by molar-refractivity contribution is 0.604. The summed E-state index contributed by atoms with van der Waals surface area (Å²) in [6.45, 7) is 4.29. The minimum atomic E-state index is -0.188. The summed E-state index contributed by atoms with van der Waals surface area (Å²) in [6.07, 6.45) is 2.87. The van der Waals surface area contributed by atoms with E-state index in [0.29, 0.717) is 11.2 Å². The summed E-state index contributed by atoms with van der Waals surface area (Å²) in [5, 5.41) is 3.97. The molecule has 0 radical (unpaired) electrons. The first-order valence-electron chi connectivity index (χ1n) is 8.06. The van der Waals surface area contributed by atoms with Gasteiger partial charge in [-0.05, 0) is 79.9 Å². The molecule has 0 aliphatic carbocycles. The van der Waals surface area contributed by atoms with Gasteiger partial charge < -0.3 is 10.2 Å². The van der Waals surface area contributed by atoms with Crippen molar-refractivity contribution in [3.05, 3.63) is 59.4 Å². The molecule has 1 atom stereocenters. The SMILES string of the molecule is CCc1ccc(NC(=S)N2c3ccc(F)cc3CC[C@@H]2C)cc1. The summed E-state index contributed by atoms with van der Waals surface area (Å²) in [5.74, 6) is -0.188. The van der Waals surface area contributed by atoms with Gasteiger partial charge in [-0.25, -0.2) is 4.39 Å². The zero-order valence-corrected chi connectivity index (χ0v) is 14.3. The summed E-state index contributed by atoms with van der Waals surface area (Å²) in [6, 6.07) is 13.5. The van der Waals surface area contributed by atoms with Crippen molar-refractivity contribution in [2.24, 2.45) is 0 Å². The number of hydrogen-bond donors (Lipinski definition) is 1. The van der Waals surface area contributed by atoms with Gasteiger partial charge in [-0.3, -0.25) is 0 Å². The Morgan fingerprint density at radius 3 is 2.70 bits per heavy atom. The van der Waals surface area contributed by atoms with Crippen molar-refractivity contribution in [1.29, 1.82) is 0 Å². The first-order chi connectivity index (χ1) is 11.1. The maximum atomic E-state index is 13.5. The fourth-order valence-corrected chi connectivity index (χ4v) is 3.43. The van der Waals surface area contributed by atoms with Gasteiger partial charge in [-0.15, -0.1) is 0 Å². The number of nitrogens with one attached hydrogen (secondary N) is 1. The third-order valence-corrected chi connectivity index (χ3v) is 4.70. The smallest absolute Gasteiger partial charge is 0.178 e. The fraction of sp³-hybridized carbons (Fsp3) is 0.316. The molecule has 120 valence electrons. The van der Waals surface area contributed by atoms with Gasteiger partial charge in [0.15, 0.2) is 5.11 Å². The van der Waals surface area contributed by atoms with E-state index >= 15 is 0 Å². The van der Waals surface area contributed by atoms with Gasteiger partial charge in [0.25, 0.3) is 0 Å². The normalized spacial score (nSPS) is 16.8. The molecular weight excluding hydrogens is 307 g/mol.